The van der Waals surface area contributed by atoms with Gasteiger partial charge >= 0.3 is 0 Å². The summed E-state index contributed by atoms with van der Waals surface area (Å²) in [5, 5.41) is -0.429. The Hall–Kier alpha value is 0.240. The van der Waals surface area contributed by atoms with E-state index in [0.717, 1.165) is 0 Å². The van der Waals surface area contributed by atoms with Crippen molar-refractivity contribution in [2.45, 2.75) is 6.42 Å². The minimum atomic E-state index is -0.429. The van der Waals surface area contributed by atoms with E-state index in [2.05, 4.69) is 0 Å². The summed E-state index contributed by atoms with van der Waals surface area (Å²) in [6.07, 6.45) is 0.142. The highest BCUT2D eigenvalue weighted by atomic mass is 35.5. The van der Waals surface area contributed by atoms with E-state index in [4.69, 9.17) is 34.8 Å². The minimum Gasteiger partial charge on any atom is -0.281 e. The van der Waals surface area contributed by atoms with Gasteiger partial charge in [0.05, 0.1) is 8.67 Å². The molecular weight excluding hydrogens is 226 g/mol. The summed E-state index contributed by atoms with van der Waals surface area (Å²) < 4.78 is 1.10. The van der Waals surface area contributed by atoms with Crippen LogP contribution in [0.1, 0.15) is 5.56 Å². The highest BCUT2D eigenvalue weighted by Gasteiger charge is 2.08. The van der Waals surface area contributed by atoms with E-state index in [0.29, 0.717) is 14.2 Å². The molecule has 0 bridgehead atoms. The highest BCUT2D eigenvalue weighted by Crippen LogP contribution is 2.31. The Morgan fingerprint density at radius 1 is 1.55 bits per heavy atom. The Morgan fingerprint density at radius 2 is 2.18 bits per heavy atom. The number of rotatable bonds is 2. The maximum Gasteiger partial charge on any atom is 0.226 e. The zero-order valence-corrected chi connectivity index (χ0v) is 8.32. The van der Waals surface area contributed by atoms with Crippen molar-refractivity contribution in [3.8, 4) is 0 Å². The average Bonchev–Trinajstić information content (AvgIpc) is 2.09. The minimum absolute atomic E-state index is 0.142. The third kappa shape index (κ3) is 2.64. The van der Waals surface area contributed by atoms with Crippen LogP contribution in [-0.2, 0) is 11.2 Å². The van der Waals surface area contributed by atoms with Crippen LogP contribution in [-0.4, -0.2) is 5.24 Å². The normalized spacial score (nSPS) is 10.1. The third-order valence-electron chi connectivity index (χ3n) is 1.06. The number of hydrogen-bond acceptors (Lipinski definition) is 2. The number of hydrogen-bond donors (Lipinski definition) is 0. The van der Waals surface area contributed by atoms with Crippen LogP contribution in [0.2, 0.25) is 8.67 Å². The smallest absolute Gasteiger partial charge is 0.226 e. The molecule has 0 aromatic carbocycles. The number of halogens is 3. The largest absolute Gasteiger partial charge is 0.281 e. The highest BCUT2D eigenvalue weighted by molar-refractivity contribution is 7.20. The van der Waals surface area contributed by atoms with Gasteiger partial charge in [-0.2, -0.15) is 0 Å². The SMILES string of the molecule is O=C(Cl)Cc1cc(Cl)sc1Cl. The van der Waals surface area contributed by atoms with Gasteiger partial charge in [-0.25, -0.2) is 0 Å². The summed E-state index contributed by atoms with van der Waals surface area (Å²) in [7, 11) is 0. The molecule has 0 spiro atoms. The summed E-state index contributed by atoms with van der Waals surface area (Å²) in [6, 6.07) is 1.65. The van der Waals surface area contributed by atoms with Gasteiger partial charge in [0.25, 0.3) is 0 Å². The van der Waals surface area contributed by atoms with Crippen molar-refractivity contribution in [3.63, 3.8) is 0 Å². The molecule has 0 radical (unpaired) electrons. The van der Waals surface area contributed by atoms with Gasteiger partial charge in [0.2, 0.25) is 5.24 Å². The lowest BCUT2D eigenvalue weighted by Crippen LogP contribution is -1.90. The van der Waals surface area contributed by atoms with Crippen LogP contribution in [0.3, 0.4) is 0 Å². The van der Waals surface area contributed by atoms with Crippen LogP contribution in [0, 0.1) is 0 Å². The zero-order valence-electron chi connectivity index (χ0n) is 5.23. The van der Waals surface area contributed by atoms with Gasteiger partial charge < -0.3 is 0 Å². The van der Waals surface area contributed by atoms with Crippen LogP contribution in [0.5, 0.6) is 0 Å². The second-order valence-electron chi connectivity index (χ2n) is 1.88. The van der Waals surface area contributed by atoms with Crippen molar-refractivity contribution in [1.82, 2.24) is 0 Å². The summed E-state index contributed by atoms with van der Waals surface area (Å²) >= 11 is 17.7. The lowest BCUT2D eigenvalue weighted by molar-refractivity contribution is -0.111. The Kier molecular flexibility index (Phi) is 3.19. The summed E-state index contributed by atoms with van der Waals surface area (Å²) in [5.74, 6) is 0. The second-order valence-corrected chi connectivity index (χ2v) is 4.59. The van der Waals surface area contributed by atoms with E-state index in [9.17, 15) is 4.79 Å². The van der Waals surface area contributed by atoms with Gasteiger partial charge in [0, 0.05) is 6.42 Å². The maximum atomic E-state index is 10.4. The van der Waals surface area contributed by atoms with Crippen molar-refractivity contribution in [3.05, 3.63) is 20.3 Å². The molecule has 0 fully saturated rings. The van der Waals surface area contributed by atoms with E-state index >= 15 is 0 Å². The van der Waals surface area contributed by atoms with Crippen molar-refractivity contribution in [1.29, 1.82) is 0 Å². The standard InChI is InChI=1S/C6H3Cl3OS/c7-4(10)1-3-2-5(8)11-6(3)9/h2H,1H2. The zero-order chi connectivity index (χ0) is 8.43. The molecule has 1 aromatic heterocycles. The van der Waals surface area contributed by atoms with E-state index in [-0.39, 0.29) is 6.42 Å². The number of carbonyl (C=O) groups is 1. The van der Waals surface area contributed by atoms with E-state index in [1.807, 2.05) is 0 Å². The molecule has 11 heavy (non-hydrogen) atoms. The summed E-state index contributed by atoms with van der Waals surface area (Å²) in [6.45, 7) is 0. The lowest BCUT2D eigenvalue weighted by atomic mass is 10.3. The summed E-state index contributed by atoms with van der Waals surface area (Å²) in [4.78, 5) is 10.4. The monoisotopic (exact) mass is 228 g/mol. The predicted molar refractivity (Wildman–Crippen MR) is 48.9 cm³/mol. The molecule has 1 aromatic rings. The molecule has 0 saturated heterocycles. The molecule has 0 N–H and O–H groups in total. The first-order chi connectivity index (χ1) is 5.09. The van der Waals surface area contributed by atoms with Crippen molar-refractivity contribution in [2.24, 2.45) is 0 Å². The average molecular weight is 230 g/mol. The van der Waals surface area contributed by atoms with E-state index < -0.39 is 5.24 Å². The summed E-state index contributed by atoms with van der Waals surface area (Å²) in [5.41, 5.74) is 0.696. The predicted octanol–water partition coefficient (Wildman–Crippen LogP) is 3.36. The second kappa shape index (κ2) is 3.76. The van der Waals surface area contributed by atoms with Crippen molar-refractivity contribution in [2.75, 3.05) is 0 Å². The Balaban J connectivity index is 2.85. The van der Waals surface area contributed by atoms with Gasteiger partial charge in [-0.1, -0.05) is 23.2 Å². The Bertz CT molecular complexity index is 281. The molecule has 0 amide bonds. The Labute approximate surface area is 82.9 Å². The van der Waals surface area contributed by atoms with Gasteiger partial charge in [-0.15, -0.1) is 11.3 Å². The van der Waals surface area contributed by atoms with Gasteiger partial charge in [0.1, 0.15) is 0 Å². The molecule has 0 saturated carbocycles. The molecule has 0 unspecified atom stereocenters. The van der Waals surface area contributed by atoms with Crippen LogP contribution < -0.4 is 0 Å². The molecule has 1 nitrogen and oxygen atoms in total. The quantitative estimate of drug-likeness (QED) is 0.711. The molecular formula is C6H3Cl3OS. The van der Waals surface area contributed by atoms with Crippen LogP contribution in [0.4, 0.5) is 0 Å². The first kappa shape index (κ1) is 9.33. The van der Waals surface area contributed by atoms with E-state index in [1.54, 1.807) is 6.07 Å². The van der Waals surface area contributed by atoms with Gasteiger partial charge in [0.15, 0.2) is 0 Å². The number of carbonyl (C=O) groups excluding carboxylic acids is 1. The molecule has 1 heterocycles. The topological polar surface area (TPSA) is 17.1 Å². The molecule has 0 aliphatic carbocycles. The van der Waals surface area contributed by atoms with Gasteiger partial charge in [-0.05, 0) is 23.2 Å². The maximum absolute atomic E-state index is 10.4. The third-order valence-corrected chi connectivity index (χ3v) is 2.76. The van der Waals surface area contributed by atoms with Gasteiger partial charge in [-0.3, -0.25) is 4.79 Å². The molecule has 60 valence electrons. The molecule has 5 heteroatoms. The van der Waals surface area contributed by atoms with Crippen molar-refractivity contribution >= 4 is 51.4 Å². The molecule has 1 rings (SSSR count). The molecule has 0 atom stereocenters. The number of thiophene rings is 1. The lowest BCUT2D eigenvalue weighted by Gasteiger charge is -1.88. The van der Waals surface area contributed by atoms with Crippen LogP contribution >= 0.6 is 46.1 Å². The van der Waals surface area contributed by atoms with Crippen LogP contribution in [0.15, 0.2) is 6.07 Å². The fourth-order valence-corrected chi connectivity index (χ4v) is 2.28. The molecule has 0 aliphatic rings. The fraction of sp³-hybridized carbons (Fsp3) is 0.167. The first-order valence-electron chi connectivity index (χ1n) is 2.71. The van der Waals surface area contributed by atoms with E-state index in [1.165, 1.54) is 11.3 Å². The first-order valence-corrected chi connectivity index (χ1v) is 4.66. The fourth-order valence-electron chi connectivity index (χ4n) is 0.645. The Morgan fingerprint density at radius 3 is 2.55 bits per heavy atom. The van der Waals surface area contributed by atoms with Crippen molar-refractivity contribution < 1.29 is 4.79 Å². The van der Waals surface area contributed by atoms with Crippen LogP contribution in [0.25, 0.3) is 0 Å². The molecule has 0 aliphatic heterocycles.